The fraction of sp³-hybridized carbons (Fsp3) is 0.0667. The second kappa shape index (κ2) is 3.74. The van der Waals surface area contributed by atoms with E-state index in [2.05, 4.69) is 11.1 Å². The molecule has 17 heavy (non-hydrogen) atoms. The van der Waals surface area contributed by atoms with E-state index in [-0.39, 0.29) is 5.82 Å². The molecule has 1 heterocycles. The Hall–Kier alpha value is -2.09. The van der Waals surface area contributed by atoms with Gasteiger partial charge in [0.25, 0.3) is 0 Å². The minimum atomic E-state index is -0.216. The highest BCUT2D eigenvalue weighted by atomic mass is 19.1. The number of aromatic nitrogens is 1. The summed E-state index contributed by atoms with van der Waals surface area (Å²) in [7, 11) is 0. The number of benzene rings is 2. The Labute approximate surface area is 98.9 Å². The number of halogens is 1. The van der Waals surface area contributed by atoms with Crippen LogP contribution in [0.1, 0.15) is 5.56 Å². The predicted octanol–water partition coefficient (Wildman–Crippen LogP) is 4.08. The minimum absolute atomic E-state index is 0.216. The molecule has 0 saturated carbocycles. The summed E-state index contributed by atoms with van der Waals surface area (Å²) in [4.78, 5) is 3.32. The molecule has 0 bridgehead atoms. The molecule has 3 aromatic rings. The number of aryl methyl sites for hydroxylation is 1. The Kier molecular flexibility index (Phi) is 2.22. The van der Waals surface area contributed by atoms with Crippen LogP contribution in [0.5, 0.6) is 0 Å². The highest BCUT2D eigenvalue weighted by molar-refractivity contribution is 5.90. The first-order chi connectivity index (χ1) is 8.25. The lowest BCUT2D eigenvalue weighted by molar-refractivity contribution is 0.628. The van der Waals surface area contributed by atoms with E-state index in [1.165, 1.54) is 6.07 Å². The summed E-state index contributed by atoms with van der Waals surface area (Å²) in [6.45, 7) is 2.03. The first-order valence-corrected chi connectivity index (χ1v) is 5.50. The van der Waals surface area contributed by atoms with Crippen LogP contribution in [0.25, 0.3) is 22.2 Å². The van der Waals surface area contributed by atoms with Crippen molar-refractivity contribution in [3.05, 3.63) is 59.9 Å². The quantitative estimate of drug-likeness (QED) is 0.641. The van der Waals surface area contributed by atoms with Crippen LogP contribution in [-0.2, 0) is 0 Å². The molecule has 1 radical (unpaired) electrons. The van der Waals surface area contributed by atoms with Gasteiger partial charge in [0, 0.05) is 22.2 Å². The van der Waals surface area contributed by atoms with E-state index in [9.17, 15) is 4.39 Å². The topological polar surface area (TPSA) is 15.8 Å². The van der Waals surface area contributed by atoms with E-state index < -0.39 is 0 Å². The maximum absolute atomic E-state index is 13.2. The van der Waals surface area contributed by atoms with Crippen LogP contribution in [0.15, 0.2) is 42.5 Å². The van der Waals surface area contributed by atoms with Crippen LogP contribution in [-0.4, -0.2) is 4.98 Å². The van der Waals surface area contributed by atoms with Crippen molar-refractivity contribution in [1.29, 1.82) is 0 Å². The van der Waals surface area contributed by atoms with Gasteiger partial charge in [-0.05, 0) is 42.8 Å². The molecular weight excluding hydrogens is 213 g/mol. The summed E-state index contributed by atoms with van der Waals surface area (Å²) in [6, 6.07) is 15.5. The average Bonchev–Trinajstić information content (AvgIpc) is 2.68. The molecule has 1 nitrogen and oxygen atoms in total. The number of hydrogen-bond donors (Lipinski definition) is 1. The molecule has 2 heteroatoms. The summed E-state index contributed by atoms with van der Waals surface area (Å²) in [6.07, 6.45) is 0. The maximum Gasteiger partial charge on any atom is 0.123 e. The second-order valence-corrected chi connectivity index (χ2v) is 4.11. The number of fused-ring (bicyclic) bond motifs is 1. The molecule has 0 aliphatic heterocycles. The Morgan fingerprint density at radius 1 is 1.24 bits per heavy atom. The second-order valence-electron chi connectivity index (χ2n) is 4.11. The first kappa shape index (κ1) is 10.1. The molecule has 0 aliphatic carbocycles. The molecule has 0 saturated heterocycles. The molecule has 1 N–H and O–H groups in total. The third kappa shape index (κ3) is 1.62. The molecule has 3 rings (SSSR count). The van der Waals surface area contributed by atoms with Gasteiger partial charge in [-0.25, -0.2) is 4.39 Å². The van der Waals surface area contributed by atoms with Crippen molar-refractivity contribution in [2.24, 2.45) is 0 Å². The molecule has 83 valence electrons. The number of hydrogen-bond acceptors (Lipinski definition) is 0. The fourth-order valence-corrected chi connectivity index (χ4v) is 2.15. The minimum Gasteiger partial charge on any atom is -0.354 e. The smallest absolute Gasteiger partial charge is 0.123 e. The lowest BCUT2D eigenvalue weighted by Crippen LogP contribution is -1.82. The van der Waals surface area contributed by atoms with Crippen molar-refractivity contribution in [3.63, 3.8) is 0 Å². The molecule has 0 aliphatic rings. The van der Waals surface area contributed by atoms with Crippen molar-refractivity contribution in [2.75, 3.05) is 0 Å². The molecular formula is C15H11FN. The molecule has 2 aromatic carbocycles. The van der Waals surface area contributed by atoms with E-state index >= 15 is 0 Å². The Morgan fingerprint density at radius 3 is 2.88 bits per heavy atom. The lowest BCUT2D eigenvalue weighted by Gasteiger charge is -2.00. The van der Waals surface area contributed by atoms with Crippen molar-refractivity contribution >= 4 is 10.9 Å². The monoisotopic (exact) mass is 224 g/mol. The Morgan fingerprint density at radius 2 is 2.12 bits per heavy atom. The number of aromatic amines is 1. The van der Waals surface area contributed by atoms with E-state index in [0.29, 0.717) is 0 Å². The van der Waals surface area contributed by atoms with Gasteiger partial charge < -0.3 is 4.98 Å². The molecule has 1 aromatic heterocycles. The van der Waals surface area contributed by atoms with E-state index in [0.717, 1.165) is 27.7 Å². The van der Waals surface area contributed by atoms with Gasteiger partial charge in [0.05, 0.1) is 0 Å². The molecule has 0 amide bonds. The van der Waals surface area contributed by atoms with Crippen molar-refractivity contribution in [2.45, 2.75) is 6.92 Å². The lowest BCUT2D eigenvalue weighted by atomic mass is 10.1. The van der Waals surface area contributed by atoms with Crippen LogP contribution >= 0.6 is 0 Å². The molecule has 0 atom stereocenters. The number of rotatable bonds is 1. The van der Waals surface area contributed by atoms with Gasteiger partial charge in [-0.1, -0.05) is 18.2 Å². The van der Waals surface area contributed by atoms with Crippen LogP contribution < -0.4 is 0 Å². The summed E-state index contributed by atoms with van der Waals surface area (Å²) < 4.78 is 13.2. The zero-order valence-corrected chi connectivity index (χ0v) is 9.42. The summed E-state index contributed by atoms with van der Waals surface area (Å²) in [5.41, 5.74) is 4.03. The normalized spacial score (nSPS) is 10.9. The van der Waals surface area contributed by atoms with Crippen molar-refractivity contribution < 1.29 is 4.39 Å². The SMILES string of the molecule is Cc1c(-c2cccc(F)c2)[nH]c2cc[c]cc12. The van der Waals surface area contributed by atoms with Gasteiger partial charge in [-0.3, -0.25) is 0 Å². The molecule has 0 spiro atoms. The van der Waals surface area contributed by atoms with Crippen LogP contribution in [0, 0.1) is 18.8 Å². The van der Waals surface area contributed by atoms with Gasteiger partial charge in [0.15, 0.2) is 0 Å². The van der Waals surface area contributed by atoms with E-state index in [1.54, 1.807) is 12.1 Å². The average molecular weight is 224 g/mol. The van der Waals surface area contributed by atoms with Gasteiger partial charge in [0.2, 0.25) is 0 Å². The number of H-pyrrole nitrogens is 1. The predicted molar refractivity (Wildman–Crippen MR) is 67.3 cm³/mol. The highest BCUT2D eigenvalue weighted by Crippen LogP contribution is 2.29. The summed E-state index contributed by atoms with van der Waals surface area (Å²) in [5.74, 6) is -0.216. The molecule has 0 fully saturated rings. The zero-order valence-electron chi connectivity index (χ0n) is 9.42. The van der Waals surface area contributed by atoms with Crippen LogP contribution in [0.2, 0.25) is 0 Å². The largest absolute Gasteiger partial charge is 0.354 e. The van der Waals surface area contributed by atoms with Crippen molar-refractivity contribution in [3.8, 4) is 11.3 Å². The third-order valence-electron chi connectivity index (χ3n) is 3.02. The third-order valence-corrected chi connectivity index (χ3v) is 3.02. The van der Waals surface area contributed by atoms with Gasteiger partial charge in [-0.15, -0.1) is 0 Å². The summed E-state index contributed by atoms with van der Waals surface area (Å²) >= 11 is 0. The standard InChI is InChI=1S/C15H11FN/c1-10-13-7-2-3-8-14(13)17-15(10)11-5-4-6-12(16)9-11/h3-9,17H,1H3. The van der Waals surface area contributed by atoms with Crippen LogP contribution in [0.4, 0.5) is 4.39 Å². The zero-order chi connectivity index (χ0) is 11.8. The Bertz CT molecular complexity index is 682. The van der Waals surface area contributed by atoms with Gasteiger partial charge in [-0.2, -0.15) is 0 Å². The van der Waals surface area contributed by atoms with Crippen LogP contribution in [0.3, 0.4) is 0 Å². The molecule has 0 unspecified atom stereocenters. The Balaban J connectivity index is 2.27. The van der Waals surface area contributed by atoms with E-state index in [4.69, 9.17) is 0 Å². The maximum atomic E-state index is 13.2. The fourth-order valence-electron chi connectivity index (χ4n) is 2.15. The van der Waals surface area contributed by atoms with E-state index in [1.807, 2.05) is 31.2 Å². The highest BCUT2D eigenvalue weighted by Gasteiger charge is 2.09. The van der Waals surface area contributed by atoms with Gasteiger partial charge in [0.1, 0.15) is 5.82 Å². The first-order valence-electron chi connectivity index (χ1n) is 5.50. The van der Waals surface area contributed by atoms with Gasteiger partial charge >= 0.3 is 0 Å². The number of nitrogens with one attached hydrogen (secondary N) is 1. The van der Waals surface area contributed by atoms with Crippen molar-refractivity contribution in [1.82, 2.24) is 4.98 Å². The summed E-state index contributed by atoms with van der Waals surface area (Å²) in [5, 5.41) is 1.13.